The number of amides is 1. The lowest BCUT2D eigenvalue weighted by Crippen LogP contribution is -2.40. The predicted molar refractivity (Wildman–Crippen MR) is 117 cm³/mol. The number of benzene rings is 2. The molecule has 3 aliphatic rings. The molecular formula is C25H30N2O3. The minimum Gasteiger partial charge on any atom is -0.490 e. The van der Waals surface area contributed by atoms with E-state index in [-0.39, 0.29) is 5.91 Å². The summed E-state index contributed by atoms with van der Waals surface area (Å²) in [6.07, 6.45) is 5.06. The molecule has 0 aliphatic carbocycles. The van der Waals surface area contributed by atoms with E-state index in [2.05, 4.69) is 35.2 Å². The number of carbonyl (C=O) groups is 1. The van der Waals surface area contributed by atoms with Crippen LogP contribution in [0.2, 0.25) is 0 Å². The van der Waals surface area contributed by atoms with Crippen molar-refractivity contribution < 1.29 is 14.3 Å². The molecule has 158 valence electrons. The molecule has 3 heterocycles. The monoisotopic (exact) mass is 406 g/mol. The topological polar surface area (TPSA) is 42.0 Å². The van der Waals surface area contributed by atoms with Crippen LogP contribution >= 0.6 is 0 Å². The van der Waals surface area contributed by atoms with E-state index < -0.39 is 0 Å². The fraction of sp³-hybridized carbons (Fsp3) is 0.480. The zero-order valence-electron chi connectivity index (χ0n) is 17.5. The van der Waals surface area contributed by atoms with Crippen LogP contribution in [0.3, 0.4) is 0 Å². The summed E-state index contributed by atoms with van der Waals surface area (Å²) in [5.74, 6) is 1.12. The zero-order valence-corrected chi connectivity index (χ0v) is 17.5. The summed E-state index contributed by atoms with van der Waals surface area (Å²) in [5.41, 5.74) is 4.36. The van der Waals surface area contributed by atoms with Crippen molar-refractivity contribution in [2.24, 2.45) is 0 Å². The van der Waals surface area contributed by atoms with Crippen molar-refractivity contribution in [2.75, 3.05) is 45.9 Å². The molecule has 2 fully saturated rings. The molecule has 5 heteroatoms. The minimum absolute atomic E-state index is 0.0908. The number of fused-ring (bicyclic) bond motifs is 1. The van der Waals surface area contributed by atoms with Crippen molar-refractivity contribution in [1.82, 2.24) is 9.80 Å². The van der Waals surface area contributed by atoms with Gasteiger partial charge in [0, 0.05) is 31.6 Å². The van der Waals surface area contributed by atoms with Crippen LogP contribution in [0, 0.1) is 0 Å². The average Bonchev–Trinajstić information content (AvgIpc) is 3.47. The first-order valence-corrected chi connectivity index (χ1v) is 11.3. The van der Waals surface area contributed by atoms with E-state index >= 15 is 0 Å². The third-order valence-corrected chi connectivity index (χ3v) is 6.53. The summed E-state index contributed by atoms with van der Waals surface area (Å²) in [7, 11) is 0. The Morgan fingerprint density at radius 2 is 1.67 bits per heavy atom. The van der Waals surface area contributed by atoms with Crippen LogP contribution in [0.4, 0.5) is 0 Å². The Hall–Kier alpha value is -2.37. The lowest BCUT2D eigenvalue weighted by atomic mass is 9.99. The third kappa shape index (κ3) is 4.23. The van der Waals surface area contributed by atoms with Crippen molar-refractivity contribution >= 4 is 5.91 Å². The molecule has 5 rings (SSSR count). The molecular weight excluding hydrogens is 376 g/mol. The Balaban J connectivity index is 1.23. The molecule has 30 heavy (non-hydrogen) atoms. The highest BCUT2D eigenvalue weighted by Crippen LogP contribution is 2.34. The fourth-order valence-corrected chi connectivity index (χ4v) is 4.75. The number of hydrogen-bond acceptors (Lipinski definition) is 4. The Kier molecular flexibility index (Phi) is 5.73. The number of hydrogen-bond donors (Lipinski definition) is 0. The summed E-state index contributed by atoms with van der Waals surface area (Å²) < 4.78 is 11.5. The number of ether oxygens (including phenoxy) is 2. The number of rotatable bonds is 5. The molecule has 0 aromatic heterocycles. The van der Waals surface area contributed by atoms with E-state index in [0.29, 0.717) is 32.4 Å². The van der Waals surface area contributed by atoms with Crippen molar-refractivity contribution in [3.8, 4) is 16.9 Å². The Morgan fingerprint density at radius 1 is 0.933 bits per heavy atom. The van der Waals surface area contributed by atoms with Gasteiger partial charge >= 0.3 is 0 Å². The minimum atomic E-state index is 0.0908. The zero-order chi connectivity index (χ0) is 20.3. The summed E-state index contributed by atoms with van der Waals surface area (Å²) in [6.45, 7) is 6.22. The van der Waals surface area contributed by atoms with E-state index in [4.69, 9.17) is 9.47 Å². The third-order valence-electron chi connectivity index (χ3n) is 6.53. The number of carbonyl (C=O) groups excluding carboxylic acids is 1. The van der Waals surface area contributed by atoms with Crippen LogP contribution in [-0.2, 0) is 11.2 Å². The van der Waals surface area contributed by atoms with E-state index in [1.54, 1.807) is 0 Å². The molecule has 0 spiro atoms. The first-order valence-electron chi connectivity index (χ1n) is 11.3. The summed E-state index contributed by atoms with van der Waals surface area (Å²) in [4.78, 5) is 17.1. The van der Waals surface area contributed by atoms with Crippen molar-refractivity contribution in [1.29, 1.82) is 0 Å². The van der Waals surface area contributed by atoms with Crippen LogP contribution < -0.4 is 4.74 Å². The van der Waals surface area contributed by atoms with Crippen molar-refractivity contribution in [2.45, 2.75) is 31.8 Å². The van der Waals surface area contributed by atoms with Gasteiger partial charge in [-0.05, 0) is 73.3 Å². The lowest BCUT2D eigenvalue weighted by molar-refractivity contribution is 0.0303. The molecule has 0 radical (unpaired) electrons. The smallest absolute Gasteiger partial charge is 0.254 e. The molecule has 0 saturated carbocycles. The van der Waals surface area contributed by atoms with Gasteiger partial charge in [-0.3, -0.25) is 4.79 Å². The maximum absolute atomic E-state index is 12.6. The maximum atomic E-state index is 12.6. The highest BCUT2D eigenvalue weighted by Gasteiger charge is 2.24. The molecule has 0 N–H and O–H groups in total. The second-order valence-electron chi connectivity index (χ2n) is 8.59. The van der Waals surface area contributed by atoms with Crippen LogP contribution in [0.15, 0.2) is 42.5 Å². The Morgan fingerprint density at radius 3 is 2.43 bits per heavy atom. The van der Waals surface area contributed by atoms with E-state index in [1.807, 2.05) is 17.0 Å². The molecule has 2 aromatic rings. The van der Waals surface area contributed by atoms with Gasteiger partial charge in [0.05, 0.1) is 13.2 Å². The summed E-state index contributed by atoms with van der Waals surface area (Å²) in [6, 6.07) is 14.5. The molecule has 0 bridgehead atoms. The number of morpholine rings is 1. The van der Waals surface area contributed by atoms with Gasteiger partial charge < -0.3 is 19.3 Å². The van der Waals surface area contributed by atoms with Crippen LogP contribution in [0.1, 0.15) is 35.2 Å². The van der Waals surface area contributed by atoms with Gasteiger partial charge in [0.1, 0.15) is 11.9 Å². The van der Waals surface area contributed by atoms with Gasteiger partial charge in [0.25, 0.3) is 5.91 Å². The highest BCUT2D eigenvalue weighted by atomic mass is 16.5. The maximum Gasteiger partial charge on any atom is 0.254 e. The van der Waals surface area contributed by atoms with Gasteiger partial charge in [-0.15, -0.1) is 0 Å². The van der Waals surface area contributed by atoms with E-state index in [1.165, 1.54) is 37.1 Å². The largest absolute Gasteiger partial charge is 0.490 e. The number of nitrogens with zero attached hydrogens (tertiary/aromatic N) is 2. The molecule has 2 saturated heterocycles. The summed E-state index contributed by atoms with van der Waals surface area (Å²) in [5, 5.41) is 0. The van der Waals surface area contributed by atoms with Gasteiger partial charge in [-0.2, -0.15) is 0 Å². The van der Waals surface area contributed by atoms with Crippen LogP contribution in [-0.4, -0.2) is 67.7 Å². The van der Waals surface area contributed by atoms with Crippen molar-refractivity contribution in [3.05, 3.63) is 53.6 Å². The molecule has 1 unspecified atom stereocenters. The molecule has 1 amide bonds. The summed E-state index contributed by atoms with van der Waals surface area (Å²) >= 11 is 0. The van der Waals surface area contributed by atoms with Crippen LogP contribution in [0.5, 0.6) is 5.75 Å². The quantitative estimate of drug-likeness (QED) is 0.761. The standard InChI is InChI=1S/C25H30N2O3/c28-25(27-13-15-29-16-14-27)20-5-3-19(4-6-20)21-7-8-24-22(17-21)18-23(30-24)9-12-26-10-1-2-11-26/h3-8,17,23H,1-2,9-16,18H2. The first kappa shape index (κ1) is 19.6. The van der Waals surface area contributed by atoms with Crippen molar-refractivity contribution in [3.63, 3.8) is 0 Å². The van der Waals surface area contributed by atoms with Gasteiger partial charge in [-0.25, -0.2) is 0 Å². The highest BCUT2D eigenvalue weighted by molar-refractivity contribution is 5.94. The lowest BCUT2D eigenvalue weighted by Gasteiger charge is -2.26. The first-order chi connectivity index (χ1) is 14.8. The van der Waals surface area contributed by atoms with E-state index in [9.17, 15) is 4.79 Å². The van der Waals surface area contributed by atoms with E-state index in [0.717, 1.165) is 36.3 Å². The van der Waals surface area contributed by atoms with Crippen LogP contribution in [0.25, 0.3) is 11.1 Å². The molecule has 2 aromatic carbocycles. The molecule has 3 aliphatic heterocycles. The number of likely N-dealkylation sites (tertiary alicyclic amines) is 1. The SMILES string of the molecule is O=C(c1ccc(-c2ccc3c(c2)CC(CCN2CCCC2)O3)cc1)N1CCOCC1. The second-order valence-corrected chi connectivity index (χ2v) is 8.59. The molecule has 1 atom stereocenters. The second kappa shape index (κ2) is 8.78. The Labute approximate surface area is 178 Å². The Bertz CT molecular complexity index is 884. The van der Waals surface area contributed by atoms with Gasteiger partial charge in [0.2, 0.25) is 0 Å². The van der Waals surface area contributed by atoms with Gasteiger partial charge in [0.15, 0.2) is 0 Å². The average molecular weight is 407 g/mol. The normalized spacial score (nSPS) is 21.5. The fourth-order valence-electron chi connectivity index (χ4n) is 4.75. The van der Waals surface area contributed by atoms with Gasteiger partial charge in [-0.1, -0.05) is 18.2 Å². The molecule has 5 nitrogen and oxygen atoms in total. The predicted octanol–water partition coefficient (Wildman–Crippen LogP) is 3.62.